The van der Waals surface area contributed by atoms with Crippen molar-refractivity contribution >= 4 is 0 Å². The molecule has 0 aliphatic carbocycles. The molecule has 0 radical (unpaired) electrons. The van der Waals surface area contributed by atoms with Gasteiger partial charge in [-0.25, -0.2) is 0 Å². The van der Waals surface area contributed by atoms with E-state index in [1.54, 1.807) is 0 Å². The van der Waals surface area contributed by atoms with Gasteiger partial charge in [-0.2, -0.15) is 0 Å². The highest BCUT2D eigenvalue weighted by molar-refractivity contribution is 4.75. The summed E-state index contributed by atoms with van der Waals surface area (Å²) in [6.07, 6.45) is 5.32. The lowest BCUT2D eigenvalue weighted by Crippen LogP contribution is -2.40. The van der Waals surface area contributed by atoms with Crippen LogP contribution in [0.25, 0.3) is 0 Å². The molecule has 3 nitrogen and oxygen atoms in total. The topological polar surface area (TPSA) is 26.7 Å². The Bertz CT molecular complexity index is 175. The third-order valence-electron chi connectivity index (χ3n) is 3.75. The summed E-state index contributed by atoms with van der Waals surface area (Å²) in [6.45, 7) is 4.68. The zero-order valence-corrected chi connectivity index (χ0v) is 10.4. The zero-order valence-electron chi connectivity index (χ0n) is 10.4. The van der Waals surface area contributed by atoms with E-state index in [0.29, 0.717) is 6.04 Å². The summed E-state index contributed by atoms with van der Waals surface area (Å²) in [6, 6.07) is 1.05. The molecule has 1 saturated heterocycles. The molecule has 0 aromatic rings. The van der Waals surface area contributed by atoms with E-state index < -0.39 is 0 Å². The second-order valence-corrected chi connectivity index (χ2v) is 4.93. The van der Waals surface area contributed by atoms with Crippen LogP contribution in [0, 0.1) is 0 Å². The summed E-state index contributed by atoms with van der Waals surface area (Å²) in [5.41, 5.74) is 0. The van der Waals surface area contributed by atoms with Crippen LogP contribution in [-0.2, 0) is 0 Å². The fourth-order valence-corrected chi connectivity index (χ4v) is 2.22. The van der Waals surface area contributed by atoms with E-state index in [0.717, 1.165) is 12.6 Å². The van der Waals surface area contributed by atoms with Crippen LogP contribution >= 0.6 is 0 Å². The summed E-state index contributed by atoms with van der Waals surface area (Å²) in [4.78, 5) is 4.74. The lowest BCUT2D eigenvalue weighted by atomic mass is 10.00. The Hall–Kier alpha value is -0.120. The molecule has 1 rings (SSSR count). The number of nitrogens with zero attached hydrogens (tertiary/aromatic N) is 2. The van der Waals surface area contributed by atoms with E-state index >= 15 is 0 Å². The van der Waals surface area contributed by atoms with Crippen molar-refractivity contribution in [1.29, 1.82) is 0 Å². The Morgan fingerprint density at radius 2 is 2.20 bits per heavy atom. The van der Waals surface area contributed by atoms with Gasteiger partial charge in [0.15, 0.2) is 0 Å². The fraction of sp³-hybridized carbons (Fsp3) is 1.00. The quantitative estimate of drug-likeness (QED) is 0.744. The van der Waals surface area contributed by atoms with E-state index in [2.05, 4.69) is 30.8 Å². The predicted molar refractivity (Wildman–Crippen MR) is 64.1 cm³/mol. The smallest absolute Gasteiger partial charge is 0.0584 e. The van der Waals surface area contributed by atoms with Crippen LogP contribution in [0.2, 0.25) is 0 Å². The normalized spacial score (nSPS) is 25.8. The van der Waals surface area contributed by atoms with E-state index in [9.17, 15) is 0 Å². The van der Waals surface area contributed by atoms with Gasteiger partial charge in [0.05, 0.1) is 6.61 Å². The minimum Gasteiger partial charge on any atom is -0.395 e. The monoisotopic (exact) mass is 214 g/mol. The minimum atomic E-state index is 0.261. The lowest BCUT2D eigenvalue weighted by Gasteiger charge is -2.34. The number of aliphatic hydroxyl groups excluding tert-OH is 1. The lowest BCUT2D eigenvalue weighted by molar-refractivity contribution is 0.126. The molecule has 1 aliphatic rings. The van der Waals surface area contributed by atoms with Crippen molar-refractivity contribution in [3.8, 4) is 0 Å². The molecule has 1 heterocycles. The number of hydrogen-bond acceptors (Lipinski definition) is 3. The first-order valence-corrected chi connectivity index (χ1v) is 6.16. The molecule has 2 atom stereocenters. The molecule has 2 unspecified atom stereocenters. The van der Waals surface area contributed by atoms with Crippen LogP contribution in [0.3, 0.4) is 0 Å². The Kier molecular flexibility index (Phi) is 5.58. The summed E-state index contributed by atoms with van der Waals surface area (Å²) >= 11 is 0. The maximum absolute atomic E-state index is 9.04. The van der Waals surface area contributed by atoms with Crippen molar-refractivity contribution in [1.82, 2.24) is 9.80 Å². The van der Waals surface area contributed by atoms with Gasteiger partial charge in [0, 0.05) is 12.1 Å². The third kappa shape index (κ3) is 4.09. The van der Waals surface area contributed by atoms with Gasteiger partial charge in [0.1, 0.15) is 0 Å². The molecule has 1 fully saturated rings. The third-order valence-corrected chi connectivity index (χ3v) is 3.75. The van der Waals surface area contributed by atoms with Crippen molar-refractivity contribution in [2.24, 2.45) is 0 Å². The molecule has 0 aromatic carbocycles. The van der Waals surface area contributed by atoms with Crippen molar-refractivity contribution in [2.45, 2.75) is 44.7 Å². The van der Waals surface area contributed by atoms with Gasteiger partial charge in [0.25, 0.3) is 0 Å². The molecule has 0 aromatic heterocycles. The summed E-state index contributed by atoms with van der Waals surface area (Å²) in [7, 11) is 4.34. The van der Waals surface area contributed by atoms with Crippen molar-refractivity contribution in [3.63, 3.8) is 0 Å². The average molecular weight is 214 g/mol. The maximum Gasteiger partial charge on any atom is 0.0584 e. The standard InChI is InChI=1S/C12H26N2O/c1-11(10-15)13(2)9-7-12-6-4-5-8-14(12)3/h11-12,15H,4-10H2,1-3H3. The highest BCUT2D eigenvalue weighted by Crippen LogP contribution is 2.18. The summed E-state index contributed by atoms with van der Waals surface area (Å²) < 4.78 is 0. The molecule has 0 amide bonds. The van der Waals surface area contributed by atoms with Gasteiger partial charge in [-0.15, -0.1) is 0 Å². The summed E-state index contributed by atoms with van der Waals surface area (Å²) in [5.74, 6) is 0. The number of likely N-dealkylation sites (tertiary alicyclic amines) is 1. The number of piperidine rings is 1. The Labute approximate surface area is 94.1 Å². The fourth-order valence-electron chi connectivity index (χ4n) is 2.22. The average Bonchev–Trinajstić information content (AvgIpc) is 2.26. The Morgan fingerprint density at radius 1 is 1.47 bits per heavy atom. The van der Waals surface area contributed by atoms with Crippen LogP contribution in [-0.4, -0.2) is 60.8 Å². The van der Waals surface area contributed by atoms with Crippen molar-refractivity contribution in [2.75, 3.05) is 33.8 Å². The number of aliphatic hydroxyl groups is 1. The van der Waals surface area contributed by atoms with Crippen molar-refractivity contribution in [3.05, 3.63) is 0 Å². The minimum absolute atomic E-state index is 0.261. The van der Waals surface area contributed by atoms with Gasteiger partial charge in [-0.3, -0.25) is 0 Å². The largest absolute Gasteiger partial charge is 0.395 e. The Morgan fingerprint density at radius 3 is 2.80 bits per heavy atom. The molecule has 3 heteroatoms. The molecular formula is C12H26N2O. The highest BCUT2D eigenvalue weighted by atomic mass is 16.3. The maximum atomic E-state index is 9.04. The molecule has 15 heavy (non-hydrogen) atoms. The van der Waals surface area contributed by atoms with E-state index in [4.69, 9.17) is 5.11 Å². The molecule has 1 aliphatic heterocycles. The first-order valence-electron chi connectivity index (χ1n) is 6.16. The van der Waals surface area contributed by atoms with Crippen LogP contribution in [0.5, 0.6) is 0 Å². The van der Waals surface area contributed by atoms with Gasteiger partial charge < -0.3 is 14.9 Å². The second-order valence-electron chi connectivity index (χ2n) is 4.93. The van der Waals surface area contributed by atoms with Crippen molar-refractivity contribution < 1.29 is 5.11 Å². The Balaban J connectivity index is 2.23. The first kappa shape index (κ1) is 12.9. The number of rotatable bonds is 5. The molecule has 0 saturated carbocycles. The first-order chi connectivity index (χ1) is 7.15. The van der Waals surface area contributed by atoms with Gasteiger partial charge in [0.2, 0.25) is 0 Å². The molecular weight excluding hydrogens is 188 g/mol. The van der Waals surface area contributed by atoms with Gasteiger partial charge in [-0.05, 0) is 53.4 Å². The molecule has 0 spiro atoms. The molecule has 0 bridgehead atoms. The number of likely N-dealkylation sites (N-methyl/N-ethyl adjacent to an activating group) is 1. The van der Waals surface area contributed by atoms with Gasteiger partial charge >= 0.3 is 0 Å². The number of hydrogen-bond donors (Lipinski definition) is 1. The van der Waals surface area contributed by atoms with Crippen LogP contribution in [0.15, 0.2) is 0 Å². The highest BCUT2D eigenvalue weighted by Gasteiger charge is 2.19. The van der Waals surface area contributed by atoms with E-state index in [-0.39, 0.29) is 6.61 Å². The SMILES string of the molecule is CC(CO)N(C)CCC1CCCCN1C. The van der Waals surface area contributed by atoms with Crippen LogP contribution in [0.4, 0.5) is 0 Å². The molecule has 1 N–H and O–H groups in total. The van der Waals surface area contributed by atoms with Crippen LogP contribution in [0.1, 0.15) is 32.6 Å². The predicted octanol–water partition coefficient (Wildman–Crippen LogP) is 1.17. The van der Waals surface area contributed by atoms with E-state index in [1.807, 2.05) is 0 Å². The second kappa shape index (κ2) is 6.46. The van der Waals surface area contributed by atoms with Gasteiger partial charge in [-0.1, -0.05) is 6.42 Å². The zero-order chi connectivity index (χ0) is 11.3. The summed E-state index contributed by atoms with van der Waals surface area (Å²) in [5, 5.41) is 9.04. The molecule has 90 valence electrons. The van der Waals surface area contributed by atoms with E-state index in [1.165, 1.54) is 32.2 Å². The van der Waals surface area contributed by atoms with Crippen LogP contribution < -0.4 is 0 Å².